The Hall–Kier alpha value is -0.320. The number of carbonyl (C=O) groups excluding carboxylic acids is 1. The van der Waals surface area contributed by atoms with Crippen LogP contribution in [0.3, 0.4) is 0 Å². The van der Waals surface area contributed by atoms with E-state index < -0.39 is 0 Å². The van der Waals surface area contributed by atoms with Crippen molar-refractivity contribution in [3.05, 3.63) is 0 Å². The lowest BCUT2D eigenvalue weighted by Crippen LogP contribution is -2.46. The van der Waals surface area contributed by atoms with Gasteiger partial charge >= 0.3 is 0 Å². The molecule has 108 valence electrons. The Labute approximate surface area is 116 Å². The summed E-state index contributed by atoms with van der Waals surface area (Å²) in [5.41, 5.74) is 5.65. The van der Waals surface area contributed by atoms with Crippen molar-refractivity contribution < 1.29 is 9.53 Å². The third kappa shape index (κ3) is 6.57. The summed E-state index contributed by atoms with van der Waals surface area (Å²) in [6, 6.07) is 0.138. The summed E-state index contributed by atoms with van der Waals surface area (Å²) in [5, 5.41) is 2.98. The van der Waals surface area contributed by atoms with Crippen LogP contribution in [0.25, 0.3) is 0 Å². The van der Waals surface area contributed by atoms with Crippen molar-refractivity contribution in [3.8, 4) is 0 Å². The first-order valence-corrected chi connectivity index (χ1v) is 6.66. The Bertz CT molecular complexity index is 245. The van der Waals surface area contributed by atoms with E-state index >= 15 is 0 Å². The molecule has 1 saturated carbocycles. The Kier molecular flexibility index (Phi) is 8.57. The quantitative estimate of drug-likeness (QED) is 0.710. The maximum absolute atomic E-state index is 11.8. The van der Waals surface area contributed by atoms with Gasteiger partial charge in [0.15, 0.2) is 0 Å². The SMILES string of the molecule is CC(C)CCOC(C)C(=O)NC(CN)C1CC1.Cl. The molecule has 3 N–H and O–H groups in total. The number of ether oxygens (including phenoxy) is 1. The largest absolute Gasteiger partial charge is 0.369 e. The summed E-state index contributed by atoms with van der Waals surface area (Å²) in [6.07, 6.45) is 2.98. The van der Waals surface area contributed by atoms with E-state index in [2.05, 4.69) is 19.2 Å². The predicted molar refractivity (Wildman–Crippen MR) is 75.8 cm³/mol. The van der Waals surface area contributed by atoms with Gasteiger partial charge in [-0.05, 0) is 38.0 Å². The standard InChI is InChI=1S/C13H26N2O2.ClH/c1-9(2)6-7-17-10(3)13(16)15-12(8-14)11-4-5-11;/h9-12H,4-8,14H2,1-3H3,(H,15,16);1H. The van der Waals surface area contributed by atoms with Gasteiger partial charge in [-0.15, -0.1) is 12.4 Å². The molecule has 5 heteroatoms. The van der Waals surface area contributed by atoms with Crippen LogP contribution >= 0.6 is 12.4 Å². The number of nitrogens with two attached hydrogens (primary N) is 1. The van der Waals surface area contributed by atoms with Crippen LogP contribution in [0.4, 0.5) is 0 Å². The highest BCUT2D eigenvalue weighted by molar-refractivity contribution is 5.85. The fourth-order valence-electron chi connectivity index (χ4n) is 1.72. The second-order valence-corrected chi connectivity index (χ2v) is 5.38. The summed E-state index contributed by atoms with van der Waals surface area (Å²) in [6.45, 7) is 7.26. The molecule has 2 unspecified atom stereocenters. The molecule has 1 aliphatic carbocycles. The zero-order valence-corrected chi connectivity index (χ0v) is 12.5. The molecule has 0 aliphatic heterocycles. The summed E-state index contributed by atoms with van der Waals surface area (Å²) in [4.78, 5) is 11.8. The average molecular weight is 279 g/mol. The second-order valence-electron chi connectivity index (χ2n) is 5.38. The summed E-state index contributed by atoms with van der Waals surface area (Å²) >= 11 is 0. The minimum absolute atomic E-state index is 0. The van der Waals surface area contributed by atoms with Crippen molar-refractivity contribution >= 4 is 18.3 Å². The lowest BCUT2D eigenvalue weighted by Gasteiger charge is -2.19. The molecule has 1 fully saturated rings. The van der Waals surface area contributed by atoms with Gasteiger partial charge in [0.05, 0.1) is 0 Å². The molecule has 0 aromatic rings. The number of amides is 1. The minimum Gasteiger partial charge on any atom is -0.369 e. The molecule has 1 amide bonds. The van der Waals surface area contributed by atoms with Crippen molar-refractivity contribution in [2.75, 3.05) is 13.2 Å². The van der Waals surface area contributed by atoms with Crippen LogP contribution in [0.15, 0.2) is 0 Å². The van der Waals surface area contributed by atoms with Crippen molar-refractivity contribution in [2.45, 2.75) is 52.2 Å². The molecule has 1 aliphatic rings. The van der Waals surface area contributed by atoms with Gasteiger partial charge in [-0.1, -0.05) is 13.8 Å². The third-order valence-corrected chi connectivity index (χ3v) is 3.20. The highest BCUT2D eigenvalue weighted by Crippen LogP contribution is 2.32. The number of halogens is 1. The van der Waals surface area contributed by atoms with Crippen LogP contribution < -0.4 is 11.1 Å². The molecule has 0 heterocycles. The first-order valence-electron chi connectivity index (χ1n) is 6.66. The van der Waals surface area contributed by atoms with E-state index in [0.717, 1.165) is 6.42 Å². The zero-order valence-electron chi connectivity index (χ0n) is 11.6. The number of nitrogens with one attached hydrogen (secondary N) is 1. The molecule has 0 bridgehead atoms. The van der Waals surface area contributed by atoms with E-state index in [9.17, 15) is 4.79 Å². The van der Waals surface area contributed by atoms with Crippen molar-refractivity contribution in [2.24, 2.45) is 17.6 Å². The third-order valence-electron chi connectivity index (χ3n) is 3.20. The molecule has 4 nitrogen and oxygen atoms in total. The molecular weight excluding hydrogens is 252 g/mol. The fraction of sp³-hybridized carbons (Fsp3) is 0.923. The van der Waals surface area contributed by atoms with Crippen LogP contribution in [0, 0.1) is 11.8 Å². The first-order chi connectivity index (χ1) is 8.04. The lowest BCUT2D eigenvalue weighted by molar-refractivity contribution is -0.132. The topological polar surface area (TPSA) is 64.3 Å². The van der Waals surface area contributed by atoms with Gasteiger partial charge in [-0.2, -0.15) is 0 Å². The van der Waals surface area contributed by atoms with E-state index in [4.69, 9.17) is 10.5 Å². The second kappa shape index (κ2) is 8.73. The molecule has 18 heavy (non-hydrogen) atoms. The number of carbonyl (C=O) groups is 1. The Balaban J connectivity index is 0.00000289. The molecule has 2 atom stereocenters. The Morgan fingerprint density at radius 1 is 1.39 bits per heavy atom. The zero-order chi connectivity index (χ0) is 12.8. The molecule has 0 aromatic carbocycles. The van der Waals surface area contributed by atoms with Crippen molar-refractivity contribution in [1.29, 1.82) is 0 Å². The predicted octanol–water partition coefficient (Wildman–Crippen LogP) is 1.71. The fourth-order valence-corrected chi connectivity index (χ4v) is 1.72. The summed E-state index contributed by atoms with van der Waals surface area (Å²) in [5.74, 6) is 1.16. The maximum atomic E-state index is 11.8. The monoisotopic (exact) mass is 278 g/mol. The van der Waals surface area contributed by atoms with Gasteiger partial charge in [0, 0.05) is 19.2 Å². The number of hydrogen-bond donors (Lipinski definition) is 2. The molecule has 1 rings (SSSR count). The Morgan fingerprint density at radius 2 is 2.00 bits per heavy atom. The van der Waals surface area contributed by atoms with Crippen LogP contribution in [0.1, 0.15) is 40.0 Å². The highest BCUT2D eigenvalue weighted by atomic mass is 35.5. The van der Waals surface area contributed by atoms with Gasteiger partial charge < -0.3 is 15.8 Å². The first kappa shape index (κ1) is 17.7. The molecule has 0 saturated heterocycles. The van der Waals surface area contributed by atoms with Crippen molar-refractivity contribution in [3.63, 3.8) is 0 Å². The summed E-state index contributed by atoms with van der Waals surface area (Å²) in [7, 11) is 0. The summed E-state index contributed by atoms with van der Waals surface area (Å²) < 4.78 is 5.51. The van der Waals surface area contributed by atoms with Gasteiger partial charge in [-0.25, -0.2) is 0 Å². The number of rotatable bonds is 8. The average Bonchev–Trinajstić information content (AvgIpc) is 3.08. The van der Waals surface area contributed by atoms with Gasteiger partial charge in [0.1, 0.15) is 6.10 Å². The molecular formula is C13H27ClN2O2. The van der Waals surface area contributed by atoms with E-state index in [0.29, 0.717) is 25.0 Å². The van der Waals surface area contributed by atoms with E-state index in [1.54, 1.807) is 6.92 Å². The maximum Gasteiger partial charge on any atom is 0.249 e. The van der Waals surface area contributed by atoms with Crippen LogP contribution in [-0.2, 0) is 9.53 Å². The van der Waals surface area contributed by atoms with Crippen LogP contribution in [0.2, 0.25) is 0 Å². The van der Waals surface area contributed by atoms with E-state index in [1.807, 2.05) is 0 Å². The van der Waals surface area contributed by atoms with Crippen LogP contribution in [-0.4, -0.2) is 31.2 Å². The van der Waals surface area contributed by atoms with E-state index in [1.165, 1.54) is 12.8 Å². The highest BCUT2D eigenvalue weighted by Gasteiger charge is 2.32. The number of hydrogen-bond acceptors (Lipinski definition) is 3. The Morgan fingerprint density at radius 3 is 2.44 bits per heavy atom. The van der Waals surface area contributed by atoms with Gasteiger partial charge in [0.2, 0.25) is 5.91 Å². The smallest absolute Gasteiger partial charge is 0.249 e. The van der Waals surface area contributed by atoms with Gasteiger partial charge in [0.25, 0.3) is 0 Å². The molecule has 0 spiro atoms. The van der Waals surface area contributed by atoms with E-state index in [-0.39, 0.29) is 30.5 Å². The normalized spacial score (nSPS) is 18.1. The lowest BCUT2D eigenvalue weighted by atomic mass is 10.1. The molecule has 0 radical (unpaired) electrons. The van der Waals surface area contributed by atoms with Gasteiger partial charge in [-0.3, -0.25) is 4.79 Å². The van der Waals surface area contributed by atoms with Crippen molar-refractivity contribution in [1.82, 2.24) is 5.32 Å². The molecule has 0 aromatic heterocycles. The van der Waals surface area contributed by atoms with Crippen LogP contribution in [0.5, 0.6) is 0 Å². The minimum atomic E-state index is -0.374.